The predicted octanol–water partition coefficient (Wildman–Crippen LogP) is 3.37. The molecule has 1 aromatic rings. The molecule has 3 atom stereocenters. The molecule has 8 heteroatoms. The SMILES string of the molecule is CC[C@@H]1Sc2ccc(S(=O)(=O)CCC(=O)N[C@@H]3CCCC[C@@H]3C)cc2NC1=O. The van der Waals surface area contributed by atoms with Gasteiger partial charge < -0.3 is 10.6 Å². The van der Waals surface area contributed by atoms with Crippen molar-refractivity contribution in [1.29, 1.82) is 0 Å². The topological polar surface area (TPSA) is 92.3 Å². The summed E-state index contributed by atoms with van der Waals surface area (Å²) < 4.78 is 25.4. The van der Waals surface area contributed by atoms with Crippen LogP contribution in [0.2, 0.25) is 0 Å². The van der Waals surface area contributed by atoms with Crippen LogP contribution in [0, 0.1) is 5.92 Å². The van der Waals surface area contributed by atoms with E-state index in [4.69, 9.17) is 0 Å². The Morgan fingerprint density at radius 3 is 2.75 bits per heavy atom. The van der Waals surface area contributed by atoms with Crippen molar-refractivity contribution in [3.63, 3.8) is 0 Å². The second kappa shape index (κ2) is 8.86. The molecule has 0 spiro atoms. The molecule has 0 saturated heterocycles. The van der Waals surface area contributed by atoms with E-state index in [0.29, 0.717) is 18.0 Å². The first kappa shape index (κ1) is 21.2. The standard InChI is InChI=1S/C20H28N2O4S2/c1-3-17-20(24)22-16-12-14(8-9-18(16)27-17)28(25,26)11-10-19(23)21-15-7-5-4-6-13(15)2/h8-9,12-13,15,17H,3-7,10-11H2,1-2H3,(H,21,23)(H,22,24)/t13-,15+,17-/m0/s1. The number of hydrogen-bond donors (Lipinski definition) is 2. The van der Waals surface area contributed by atoms with Crippen molar-refractivity contribution < 1.29 is 18.0 Å². The number of carbonyl (C=O) groups excluding carboxylic acids is 2. The number of thioether (sulfide) groups is 1. The zero-order valence-corrected chi connectivity index (χ0v) is 18.0. The van der Waals surface area contributed by atoms with Crippen molar-refractivity contribution in [2.75, 3.05) is 11.1 Å². The molecule has 1 aromatic carbocycles. The second-order valence-corrected chi connectivity index (χ2v) is 11.0. The Balaban J connectivity index is 1.62. The smallest absolute Gasteiger partial charge is 0.237 e. The molecule has 1 saturated carbocycles. The largest absolute Gasteiger partial charge is 0.353 e. The van der Waals surface area contributed by atoms with Gasteiger partial charge in [-0.05, 0) is 43.4 Å². The minimum absolute atomic E-state index is 0.0539. The van der Waals surface area contributed by atoms with E-state index in [0.717, 1.165) is 24.2 Å². The summed E-state index contributed by atoms with van der Waals surface area (Å²) in [5, 5.41) is 5.64. The number of rotatable bonds is 6. The van der Waals surface area contributed by atoms with E-state index in [9.17, 15) is 18.0 Å². The monoisotopic (exact) mass is 424 g/mol. The average Bonchev–Trinajstić information content (AvgIpc) is 2.67. The van der Waals surface area contributed by atoms with E-state index in [-0.39, 0.29) is 40.2 Å². The first-order valence-corrected chi connectivity index (χ1v) is 12.5. The second-order valence-electron chi connectivity index (χ2n) is 7.67. The highest BCUT2D eigenvalue weighted by Gasteiger charge is 2.28. The van der Waals surface area contributed by atoms with E-state index in [1.54, 1.807) is 12.1 Å². The normalized spacial score (nSPS) is 24.9. The molecule has 154 valence electrons. The van der Waals surface area contributed by atoms with Gasteiger partial charge in [0.1, 0.15) is 0 Å². The molecule has 3 rings (SSSR count). The number of sulfone groups is 1. The predicted molar refractivity (Wildman–Crippen MR) is 111 cm³/mol. The summed E-state index contributed by atoms with van der Waals surface area (Å²) in [7, 11) is -3.60. The van der Waals surface area contributed by atoms with Gasteiger partial charge in [-0.2, -0.15) is 0 Å². The van der Waals surface area contributed by atoms with E-state index >= 15 is 0 Å². The third-order valence-corrected chi connectivity index (χ3v) is 8.71. The van der Waals surface area contributed by atoms with Crippen molar-refractivity contribution in [3.8, 4) is 0 Å². The van der Waals surface area contributed by atoms with E-state index < -0.39 is 9.84 Å². The number of carbonyl (C=O) groups is 2. The lowest BCUT2D eigenvalue weighted by Crippen LogP contribution is -2.41. The fraction of sp³-hybridized carbons (Fsp3) is 0.600. The maximum atomic E-state index is 12.7. The van der Waals surface area contributed by atoms with Crippen molar-refractivity contribution >= 4 is 39.1 Å². The van der Waals surface area contributed by atoms with Crippen molar-refractivity contribution in [1.82, 2.24) is 5.32 Å². The molecule has 0 aromatic heterocycles. The summed E-state index contributed by atoms with van der Waals surface area (Å²) in [5.74, 6) is -0.120. The number of nitrogens with one attached hydrogen (secondary N) is 2. The molecular weight excluding hydrogens is 396 g/mol. The Morgan fingerprint density at radius 2 is 2.04 bits per heavy atom. The molecule has 2 N–H and O–H groups in total. The maximum Gasteiger partial charge on any atom is 0.237 e. The Hall–Kier alpha value is -1.54. The maximum absolute atomic E-state index is 12.7. The summed E-state index contributed by atoms with van der Waals surface area (Å²) in [6.45, 7) is 4.07. The van der Waals surface area contributed by atoms with Crippen molar-refractivity contribution in [2.24, 2.45) is 5.92 Å². The number of benzene rings is 1. The van der Waals surface area contributed by atoms with Gasteiger partial charge in [0.15, 0.2) is 9.84 Å². The molecule has 2 aliphatic rings. The highest BCUT2D eigenvalue weighted by molar-refractivity contribution is 8.01. The third-order valence-electron chi connectivity index (χ3n) is 5.56. The molecular formula is C20H28N2O4S2. The van der Waals surface area contributed by atoms with E-state index in [2.05, 4.69) is 17.6 Å². The number of amides is 2. The number of fused-ring (bicyclic) bond motifs is 1. The fourth-order valence-electron chi connectivity index (χ4n) is 3.75. The molecule has 1 fully saturated rings. The summed E-state index contributed by atoms with van der Waals surface area (Å²) >= 11 is 1.45. The van der Waals surface area contributed by atoms with Crippen LogP contribution in [0.1, 0.15) is 52.4 Å². The van der Waals surface area contributed by atoms with Crippen LogP contribution in [0.4, 0.5) is 5.69 Å². The first-order valence-electron chi connectivity index (χ1n) is 9.94. The highest BCUT2D eigenvalue weighted by Crippen LogP contribution is 2.38. The number of anilines is 1. The summed E-state index contributed by atoms with van der Waals surface area (Å²) in [4.78, 5) is 25.3. The average molecular weight is 425 g/mol. The van der Waals surface area contributed by atoms with Crippen LogP contribution >= 0.6 is 11.8 Å². The van der Waals surface area contributed by atoms with Gasteiger partial charge in [0.05, 0.1) is 21.6 Å². The lowest BCUT2D eigenvalue weighted by atomic mass is 9.86. The van der Waals surface area contributed by atoms with Gasteiger partial charge in [0.2, 0.25) is 11.8 Å². The van der Waals surface area contributed by atoms with Gasteiger partial charge in [0, 0.05) is 17.4 Å². The van der Waals surface area contributed by atoms with Crippen LogP contribution in [0.25, 0.3) is 0 Å². The van der Waals surface area contributed by atoms with Crippen LogP contribution < -0.4 is 10.6 Å². The van der Waals surface area contributed by atoms with Gasteiger partial charge in [-0.1, -0.05) is 26.7 Å². The van der Waals surface area contributed by atoms with Crippen molar-refractivity contribution in [3.05, 3.63) is 18.2 Å². The molecule has 0 bridgehead atoms. The summed E-state index contributed by atoms with van der Waals surface area (Å²) in [5.41, 5.74) is 0.529. The van der Waals surface area contributed by atoms with Gasteiger partial charge in [-0.3, -0.25) is 9.59 Å². The Morgan fingerprint density at radius 1 is 1.29 bits per heavy atom. The van der Waals surface area contributed by atoms with E-state index in [1.807, 2.05) is 6.92 Å². The Labute approximate surface area is 171 Å². The minimum atomic E-state index is -3.60. The Kier molecular flexibility index (Phi) is 6.70. The number of hydrogen-bond acceptors (Lipinski definition) is 5. The zero-order valence-electron chi connectivity index (χ0n) is 16.4. The lowest BCUT2D eigenvalue weighted by Gasteiger charge is -2.29. The minimum Gasteiger partial charge on any atom is -0.353 e. The van der Waals surface area contributed by atoms with Gasteiger partial charge in [-0.15, -0.1) is 11.8 Å². The zero-order chi connectivity index (χ0) is 20.3. The Bertz CT molecular complexity index is 854. The third kappa shape index (κ3) is 4.89. The summed E-state index contributed by atoms with van der Waals surface area (Å²) in [6.07, 6.45) is 5.01. The van der Waals surface area contributed by atoms with Crippen LogP contribution in [-0.4, -0.2) is 37.3 Å². The van der Waals surface area contributed by atoms with E-state index in [1.165, 1.54) is 24.2 Å². The van der Waals surface area contributed by atoms with Crippen LogP contribution in [0.5, 0.6) is 0 Å². The van der Waals surface area contributed by atoms with Crippen molar-refractivity contribution in [2.45, 2.75) is 73.5 Å². The molecule has 2 amide bonds. The fourth-order valence-corrected chi connectivity index (χ4v) is 6.03. The van der Waals surface area contributed by atoms with Crippen LogP contribution in [0.3, 0.4) is 0 Å². The van der Waals surface area contributed by atoms with Gasteiger partial charge >= 0.3 is 0 Å². The quantitative estimate of drug-likeness (QED) is 0.730. The van der Waals surface area contributed by atoms with Crippen LogP contribution in [0.15, 0.2) is 28.0 Å². The molecule has 0 unspecified atom stereocenters. The lowest BCUT2D eigenvalue weighted by molar-refractivity contribution is -0.122. The molecule has 0 radical (unpaired) electrons. The summed E-state index contributed by atoms with van der Waals surface area (Å²) in [6, 6.07) is 4.94. The van der Waals surface area contributed by atoms with Crippen LogP contribution in [-0.2, 0) is 19.4 Å². The molecule has 1 heterocycles. The van der Waals surface area contributed by atoms with Gasteiger partial charge in [-0.25, -0.2) is 8.42 Å². The van der Waals surface area contributed by atoms with Gasteiger partial charge in [0.25, 0.3) is 0 Å². The molecule has 1 aliphatic heterocycles. The first-order chi connectivity index (χ1) is 13.3. The highest BCUT2D eigenvalue weighted by atomic mass is 32.2. The molecule has 1 aliphatic carbocycles. The molecule has 28 heavy (non-hydrogen) atoms. The molecule has 6 nitrogen and oxygen atoms in total.